The Morgan fingerprint density at radius 1 is 1.13 bits per heavy atom. The van der Waals surface area contributed by atoms with E-state index >= 15 is 0 Å². The van der Waals surface area contributed by atoms with E-state index in [9.17, 15) is 10.1 Å². The van der Waals surface area contributed by atoms with Crippen LogP contribution in [0.1, 0.15) is 5.56 Å². The molecule has 2 aromatic carbocycles. The van der Waals surface area contributed by atoms with Gasteiger partial charge in [-0.1, -0.05) is 34.1 Å². The Hall–Kier alpha value is -3.49. The third-order valence-electron chi connectivity index (χ3n) is 4.91. The number of carbonyl (C=O) groups excluding carboxylic acids is 1. The summed E-state index contributed by atoms with van der Waals surface area (Å²) in [4.78, 5) is 16.9. The molecule has 0 N–H and O–H groups in total. The topological polar surface area (TPSA) is 89.6 Å². The summed E-state index contributed by atoms with van der Waals surface area (Å²) in [5, 5.41) is 18.3. The second-order valence-corrected chi connectivity index (χ2v) is 7.61. The average Bonchev–Trinajstić information content (AvgIpc) is 2.82. The Bertz CT molecular complexity index is 1050. The van der Waals surface area contributed by atoms with Gasteiger partial charge in [0, 0.05) is 36.3 Å². The lowest BCUT2D eigenvalue weighted by molar-refractivity contribution is -0.126. The molecule has 0 aromatic heterocycles. The molecule has 0 bridgehead atoms. The third-order valence-corrected chi connectivity index (χ3v) is 5.60. The summed E-state index contributed by atoms with van der Waals surface area (Å²) in [5.74, 6) is 0.506. The van der Waals surface area contributed by atoms with Crippen LogP contribution >= 0.6 is 15.9 Å². The van der Waals surface area contributed by atoms with E-state index < -0.39 is 0 Å². The lowest BCUT2D eigenvalue weighted by atomic mass is 10.1. The summed E-state index contributed by atoms with van der Waals surface area (Å²) in [7, 11) is 1.48. The number of amides is 1. The number of rotatable bonds is 6. The molecule has 0 radical (unpaired) electrons. The van der Waals surface area contributed by atoms with Gasteiger partial charge in [0.1, 0.15) is 17.7 Å². The molecule has 158 valence electrons. The van der Waals surface area contributed by atoms with E-state index in [1.165, 1.54) is 13.2 Å². The van der Waals surface area contributed by atoms with Gasteiger partial charge in [-0.25, -0.2) is 0 Å². The maximum Gasteiger partial charge on any atom is 0.264 e. The number of methoxy groups -OCH3 is 1. The lowest BCUT2D eigenvalue weighted by Gasteiger charge is -2.36. The van der Waals surface area contributed by atoms with Crippen LogP contribution in [-0.4, -0.2) is 50.7 Å². The van der Waals surface area contributed by atoms with Crippen LogP contribution in [0.2, 0.25) is 0 Å². The van der Waals surface area contributed by atoms with E-state index in [-0.39, 0.29) is 18.1 Å². The highest BCUT2D eigenvalue weighted by atomic mass is 79.9. The number of para-hydroxylation sites is 1. The van der Waals surface area contributed by atoms with Gasteiger partial charge in [0.05, 0.1) is 7.11 Å². The molecule has 0 aliphatic carbocycles. The number of hydrogen-bond acceptors (Lipinski definition) is 6. The van der Waals surface area contributed by atoms with Crippen LogP contribution in [0.4, 0.5) is 5.69 Å². The first-order valence-electron chi connectivity index (χ1n) is 9.65. The number of carbonyl (C=O) groups is 1. The van der Waals surface area contributed by atoms with Crippen molar-refractivity contribution in [2.24, 2.45) is 0 Å². The van der Waals surface area contributed by atoms with Crippen molar-refractivity contribution in [1.29, 1.82) is 10.5 Å². The highest BCUT2D eigenvalue weighted by Gasteiger charge is 2.24. The summed E-state index contributed by atoms with van der Waals surface area (Å²) < 4.78 is 11.3. The maximum absolute atomic E-state index is 13.0. The summed E-state index contributed by atoms with van der Waals surface area (Å²) in [6.07, 6.45) is 1.53. The molecule has 1 amide bonds. The van der Waals surface area contributed by atoms with Crippen LogP contribution in [0.15, 0.2) is 52.5 Å². The van der Waals surface area contributed by atoms with Gasteiger partial charge in [-0.15, -0.1) is 0 Å². The van der Waals surface area contributed by atoms with E-state index in [4.69, 9.17) is 14.7 Å². The SMILES string of the molecule is COc1cc(/C=C(/C#N)C(=O)N2CCN(c3ccccc3)CC2)c(Br)cc1OCC#N. The highest BCUT2D eigenvalue weighted by Crippen LogP contribution is 2.34. The summed E-state index contributed by atoms with van der Waals surface area (Å²) in [6, 6.07) is 17.3. The number of hydrogen-bond donors (Lipinski definition) is 0. The normalized spacial score (nSPS) is 13.9. The average molecular weight is 481 g/mol. The van der Waals surface area contributed by atoms with Gasteiger partial charge < -0.3 is 19.3 Å². The van der Waals surface area contributed by atoms with Crippen molar-refractivity contribution >= 4 is 33.6 Å². The van der Waals surface area contributed by atoms with Gasteiger partial charge in [0.15, 0.2) is 18.1 Å². The fraction of sp³-hybridized carbons (Fsp3) is 0.261. The number of anilines is 1. The van der Waals surface area contributed by atoms with Crippen molar-refractivity contribution in [3.8, 4) is 23.6 Å². The van der Waals surface area contributed by atoms with Crippen LogP contribution in [0, 0.1) is 22.7 Å². The molecule has 0 spiro atoms. The molecule has 7 nitrogen and oxygen atoms in total. The molecule has 1 heterocycles. The molecule has 3 rings (SSSR count). The zero-order valence-electron chi connectivity index (χ0n) is 17.0. The molecule has 31 heavy (non-hydrogen) atoms. The first kappa shape index (κ1) is 22.2. The number of nitriles is 2. The predicted octanol–water partition coefficient (Wildman–Crippen LogP) is 3.62. The van der Waals surface area contributed by atoms with E-state index in [2.05, 4.69) is 20.8 Å². The number of halogens is 1. The van der Waals surface area contributed by atoms with Crippen molar-refractivity contribution in [3.63, 3.8) is 0 Å². The van der Waals surface area contributed by atoms with Crippen LogP contribution in [0.3, 0.4) is 0 Å². The van der Waals surface area contributed by atoms with Gasteiger partial charge in [-0.05, 0) is 35.9 Å². The molecule has 1 saturated heterocycles. The lowest BCUT2D eigenvalue weighted by Crippen LogP contribution is -2.49. The van der Waals surface area contributed by atoms with Crippen LogP contribution < -0.4 is 14.4 Å². The van der Waals surface area contributed by atoms with E-state index in [0.717, 1.165) is 5.69 Å². The standard InChI is InChI=1S/C23H21BrN4O3/c1-30-21-14-17(20(24)15-22(21)31-12-7-25)13-18(16-26)23(29)28-10-8-27(9-11-28)19-5-3-2-4-6-19/h2-6,13-15H,8-12H2,1H3/b18-13-. The van der Waals surface area contributed by atoms with Crippen LogP contribution in [0.5, 0.6) is 11.5 Å². The zero-order valence-corrected chi connectivity index (χ0v) is 18.6. The second-order valence-electron chi connectivity index (χ2n) is 6.76. The van der Waals surface area contributed by atoms with E-state index in [1.54, 1.807) is 17.0 Å². The Labute approximate surface area is 189 Å². The Morgan fingerprint density at radius 2 is 1.84 bits per heavy atom. The minimum absolute atomic E-state index is 0.0432. The first-order chi connectivity index (χ1) is 15.1. The molecule has 1 aliphatic rings. The fourth-order valence-corrected chi connectivity index (χ4v) is 3.75. The van der Waals surface area contributed by atoms with Gasteiger partial charge in [-0.3, -0.25) is 4.79 Å². The Morgan fingerprint density at radius 3 is 2.45 bits per heavy atom. The number of piperazine rings is 1. The first-order valence-corrected chi connectivity index (χ1v) is 10.4. The molecule has 0 unspecified atom stereocenters. The van der Waals surface area contributed by atoms with Crippen molar-refractivity contribution < 1.29 is 14.3 Å². The maximum atomic E-state index is 13.0. The molecule has 0 saturated carbocycles. The minimum Gasteiger partial charge on any atom is -0.493 e. The van der Waals surface area contributed by atoms with E-state index in [1.807, 2.05) is 42.5 Å². The van der Waals surface area contributed by atoms with Crippen molar-refractivity contribution in [2.75, 3.05) is 44.8 Å². The van der Waals surface area contributed by atoms with Gasteiger partial charge in [0.25, 0.3) is 5.91 Å². The molecule has 2 aromatic rings. The quantitative estimate of drug-likeness (QED) is 0.463. The Kier molecular flexibility index (Phi) is 7.53. The Balaban J connectivity index is 1.75. The minimum atomic E-state index is -0.300. The molecule has 1 aliphatic heterocycles. The zero-order chi connectivity index (χ0) is 22.2. The molecule has 1 fully saturated rings. The van der Waals surface area contributed by atoms with Gasteiger partial charge >= 0.3 is 0 Å². The molecule has 0 atom stereocenters. The largest absolute Gasteiger partial charge is 0.493 e. The summed E-state index contributed by atoms with van der Waals surface area (Å²) in [6.45, 7) is 2.37. The van der Waals surface area contributed by atoms with Crippen LogP contribution in [0.25, 0.3) is 6.08 Å². The van der Waals surface area contributed by atoms with E-state index in [0.29, 0.717) is 47.7 Å². The number of benzene rings is 2. The summed E-state index contributed by atoms with van der Waals surface area (Å²) in [5.41, 5.74) is 1.77. The van der Waals surface area contributed by atoms with Gasteiger partial charge in [0.2, 0.25) is 0 Å². The highest BCUT2D eigenvalue weighted by molar-refractivity contribution is 9.10. The van der Waals surface area contributed by atoms with Gasteiger partial charge in [-0.2, -0.15) is 10.5 Å². The molecule has 8 heteroatoms. The van der Waals surface area contributed by atoms with Crippen LogP contribution in [-0.2, 0) is 4.79 Å². The van der Waals surface area contributed by atoms with Crippen molar-refractivity contribution in [2.45, 2.75) is 0 Å². The summed E-state index contributed by atoms with van der Waals surface area (Å²) >= 11 is 3.43. The molecular weight excluding hydrogens is 460 g/mol. The third kappa shape index (κ3) is 5.36. The smallest absolute Gasteiger partial charge is 0.264 e. The predicted molar refractivity (Wildman–Crippen MR) is 121 cm³/mol. The molecular formula is C23H21BrN4O3. The number of nitrogens with zero attached hydrogens (tertiary/aromatic N) is 4. The van der Waals surface area contributed by atoms with Crippen molar-refractivity contribution in [3.05, 3.63) is 58.1 Å². The number of ether oxygens (including phenoxy) is 2. The fourth-order valence-electron chi connectivity index (χ4n) is 3.32. The second kappa shape index (κ2) is 10.5. The monoisotopic (exact) mass is 480 g/mol. The van der Waals surface area contributed by atoms with Crippen molar-refractivity contribution in [1.82, 2.24) is 4.90 Å².